The maximum absolute atomic E-state index is 6.23. The third kappa shape index (κ3) is 1.46. The molecule has 1 aromatic rings. The predicted molar refractivity (Wildman–Crippen MR) is 68.0 cm³/mol. The third-order valence-corrected chi connectivity index (χ3v) is 4.75. The van der Waals surface area contributed by atoms with Crippen molar-refractivity contribution in [1.82, 2.24) is 5.32 Å². The van der Waals surface area contributed by atoms with Gasteiger partial charge in [-0.15, -0.1) is 0 Å². The summed E-state index contributed by atoms with van der Waals surface area (Å²) in [6, 6.07) is 3.96. The van der Waals surface area contributed by atoms with Crippen LogP contribution < -0.4 is 5.32 Å². The zero-order valence-electron chi connectivity index (χ0n) is 9.02. The summed E-state index contributed by atoms with van der Waals surface area (Å²) in [7, 11) is 0. The Hall–Kier alpha value is -0.0900. The van der Waals surface area contributed by atoms with Crippen molar-refractivity contribution in [3.8, 4) is 0 Å². The number of hydrogen-bond donors (Lipinski definition) is 1. The first-order valence-electron chi connectivity index (χ1n) is 5.43. The first kappa shape index (κ1) is 11.0. The van der Waals surface area contributed by atoms with Gasteiger partial charge in [0.25, 0.3) is 0 Å². The number of ether oxygens (including phenoxy) is 1. The summed E-state index contributed by atoms with van der Waals surface area (Å²) >= 11 is 9.86. The smallest absolute Gasteiger partial charge is 0.0863 e. The molecule has 0 aromatic heterocycles. The maximum atomic E-state index is 6.23. The van der Waals surface area contributed by atoms with Gasteiger partial charge >= 0.3 is 0 Å². The standard InChI is InChI=1S/C12H13BrClNO/c1-12-6-15-4-8(12)11-7(5-16-12)10(14)3-2-9(11)13/h2-3,8,15H,4-6H2,1H3/t8-,12-/m1/s1. The first-order valence-corrected chi connectivity index (χ1v) is 6.60. The van der Waals surface area contributed by atoms with Crippen LogP contribution in [0.5, 0.6) is 0 Å². The highest BCUT2D eigenvalue weighted by molar-refractivity contribution is 9.10. The van der Waals surface area contributed by atoms with Crippen molar-refractivity contribution < 1.29 is 4.74 Å². The fourth-order valence-corrected chi connectivity index (χ4v) is 3.60. The van der Waals surface area contributed by atoms with Gasteiger partial charge < -0.3 is 10.1 Å². The third-order valence-electron chi connectivity index (χ3n) is 3.70. The van der Waals surface area contributed by atoms with Crippen molar-refractivity contribution in [3.63, 3.8) is 0 Å². The van der Waals surface area contributed by atoms with Crippen LogP contribution in [-0.2, 0) is 11.3 Å². The zero-order chi connectivity index (χ0) is 11.3. The van der Waals surface area contributed by atoms with Crippen LogP contribution in [0, 0.1) is 0 Å². The van der Waals surface area contributed by atoms with E-state index in [9.17, 15) is 0 Å². The van der Waals surface area contributed by atoms with Gasteiger partial charge in [0.15, 0.2) is 0 Å². The molecule has 2 nitrogen and oxygen atoms in total. The second-order valence-corrected chi connectivity index (χ2v) is 5.97. The largest absolute Gasteiger partial charge is 0.369 e. The minimum atomic E-state index is -0.0831. The van der Waals surface area contributed by atoms with Crippen molar-refractivity contribution in [3.05, 3.63) is 32.8 Å². The number of benzene rings is 1. The Balaban J connectivity index is 2.19. The Morgan fingerprint density at radius 2 is 2.38 bits per heavy atom. The lowest BCUT2D eigenvalue weighted by molar-refractivity contribution is -0.0519. The van der Waals surface area contributed by atoms with E-state index in [1.54, 1.807) is 0 Å². The van der Waals surface area contributed by atoms with E-state index in [4.69, 9.17) is 16.3 Å². The van der Waals surface area contributed by atoms with Gasteiger partial charge in [-0.05, 0) is 24.6 Å². The summed E-state index contributed by atoms with van der Waals surface area (Å²) in [6.45, 7) is 4.66. The number of nitrogens with one attached hydrogen (secondary N) is 1. The van der Waals surface area contributed by atoms with E-state index in [0.717, 1.165) is 28.1 Å². The van der Waals surface area contributed by atoms with Gasteiger partial charge in [-0.25, -0.2) is 0 Å². The number of rotatable bonds is 0. The average molecular weight is 303 g/mol. The lowest BCUT2D eigenvalue weighted by Gasteiger charge is -2.38. The Morgan fingerprint density at radius 3 is 3.19 bits per heavy atom. The van der Waals surface area contributed by atoms with Gasteiger partial charge in [0, 0.05) is 34.1 Å². The van der Waals surface area contributed by atoms with Gasteiger partial charge in [0.05, 0.1) is 12.2 Å². The van der Waals surface area contributed by atoms with E-state index in [1.807, 2.05) is 12.1 Å². The van der Waals surface area contributed by atoms with Crippen molar-refractivity contribution in [1.29, 1.82) is 0 Å². The summed E-state index contributed by atoms with van der Waals surface area (Å²) in [5.41, 5.74) is 2.38. The number of hydrogen-bond acceptors (Lipinski definition) is 2. The summed E-state index contributed by atoms with van der Waals surface area (Å²) in [5, 5.41) is 4.22. The van der Waals surface area contributed by atoms with Crippen LogP contribution in [0.2, 0.25) is 5.02 Å². The van der Waals surface area contributed by atoms with Crippen molar-refractivity contribution in [2.75, 3.05) is 13.1 Å². The molecule has 1 aromatic carbocycles. The maximum Gasteiger partial charge on any atom is 0.0863 e. The van der Waals surface area contributed by atoms with Crippen molar-refractivity contribution >= 4 is 27.5 Å². The van der Waals surface area contributed by atoms with Gasteiger partial charge in [-0.1, -0.05) is 27.5 Å². The second kappa shape index (κ2) is 3.70. The highest BCUT2D eigenvalue weighted by Gasteiger charge is 2.45. The molecule has 16 heavy (non-hydrogen) atoms. The van der Waals surface area contributed by atoms with Crippen molar-refractivity contribution in [2.45, 2.75) is 25.0 Å². The molecule has 3 rings (SSSR count). The fraction of sp³-hybridized carbons (Fsp3) is 0.500. The minimum absolute atomic E-state index is 0.0831. The number of halogens is 2. The Labute approximate surface area is 108 Å². The molecule has 0 unspecified atom stereocenters. The molecule has 2 atom stereocenters. The van der Waals surface area contributed by atoms with E-state index in [1.165, 1.54) is 5.56 Å². The van der Waals surface area contributed by atoms with E-state index >= 15 is 0 Å². The molecule has 0 radical (unpaired) electrons. The summed E-state index contributed by atoms with van der Waals surface area (Å²) in [5.74, 6) is 0.393. The monoisotopic (exact) mass is 301 g/mol. The molecule has 2 heterocycles. The molecule has 0 spiro atoms. The highest BCUT2D eigenvalue weighted by atomic mass is 79.9. The highest BCUT2D eigenvalue weighted by Crippen LogP contribution is 2.46. The van der Waals surface area contributed by atoms with Crippen LogP contribution in [0.15, 0.2) is 16.6 Å². The summed E-state index contributed by atoms with van der Waals surface area (Å²) < 4.78 is 7.13. The second-order valence-electron chi connectivity index (χ2n) is 4.71. The Bertz CT molecular complexity index is 451. The summed E-state index contributed by atoms with van der Waals surface area (Å²) in [4.78, 5) is 0. The van der Waals surface area contributed by atoms with E-state index in [2.05, 4.69) is 28.2 Å². The van der Waals surface area contributed by atoms with Crippen LogP contribution in [0.3, 0.4) is 0 Å². The molecular formula is C12H13BrClNO. The first-order chi connectivity index (χ1) is 7.62. The zero-order valence-corrected chi connectivity index (χ0v) is 11.4. The van der Waals surface area contributed by atoms with Gasteiger partial charge in [-0.3, -0.25) is 0 Å². The van der Waals surface area contributed by atoms with E-state index in [-0.39, 0.29) is 5.60 Å². The van der Waals surface area contributed by atoms with Crippen LogP contribution in [0.1, 0.15) is 24.0 Å². The molecular weight excluding hydrogens is 289 g/mol. The quantitative estimate of drug-likeness (QED) is 0.795. The average Bonchev–Trinajstić information content (AvgIpc) is 2.64. The molecule has 86 valence electrons. The topological polar surface area (TPSA) is 21.3 Å². The van der Waals surface area contributed by atoms with E-state index < -0.39 is 0 Å². The predicted octanol–water partition coefficient (Wildman–Crippen LogP) is 3.08. The Morgan fingerprint density at radius 1 is 1.56 bits per heavy atom. The summed E-state index contributed by atoms with van der Waals surface area (Å²) in [6.07, 6.45) is 0. The Kier molecular flexibility index (Phi) is 2.55. The SMILES string of the molecule is C[C@@]12CNC[C@@H]1c1c(Br)ccc(Cl)c1CO2. The molecule has 1 fully saturated rings. The molecule has 4 heteroatoms. The normalized spacial score (nSPS) is 32.3. The minimum Gasteiger partial charge on any atom is -0.369 e. The lowest BCUT2D eigenvalue weighted by atomic mass is 9.81. The molecule has 0 saturated carbocycles. The number of fused-ring (bicyclic) bond motifs is 3. The molecule has 2 aliphatic rings. The molecule has 1 N–H and O–H groups in total. The van der Waals surface area contributed by atoms with Crippen LogP contribution >= 0.6 is 27.5 Å². The van der Waals surface area contributed by atoms with Crippen LogP contribution in [0.25, 0.3) is 0 Å². The molecule has 0 bridgehead atoms. The fourth-order valence-electron chi connectivity index (χ4n) is 2.73. The van der Waals surface area contributed by atoms with Crippen LogP contribution in [-0.4, -0.2) is 18.7 Å². The van der Waals surface area contributed by atoms with E-state index in [0.29, 0.717) is 12.5 Å². The van der Waals surface area contributed by atoms with Gasteiger partial charge in [0.2, 0.25) is 0 Å². The van der Waals surface area contributed by atoms with Gasteiger partial charge in [0.1, 0.15) is 0 Å². The van der Waals surface area contributed by atoms with Gasteiger partial charge in [-0.2, -0.15) is 0 Å². The molecule has 0 amide bonds. The molecule has 2 aliphatic heterocycles. The van der Waals surface area contributed by atoms with Crippen molar-refractivity contribution in [2.24, 2.45) is 0 Å². The molecule has 1 saturated heterocycles. The molecule has 0 aliphatic carbocycles. The van der Waals surface area contributed by atoms with Crippen LogP contribution in [0.4, 0.5) is 0 Å². The lowest BCUT2D eigenvalue weighted by Crippen LogP contribution is -2.40.